The van der Waals surface area contributed by atoms with E-state index in [-0.39, 0.29) is 17.2 Å². The third-order valence-electron chi connectivity index (χ3n) is 3.65. The molecule has 0 spiro atoms. The van der Waals surface area contributed by atoms with Gasteiger partial charge in [0.05, 0.1) is 11.1 Å². The molecule has 1 heterocycles. The fraction of sp³-hybridized carbons (Fsp3) is 0.412. The summed E-state index contributed by atoms with van der Waals surface area (Å²) in [4.78, 5) is 49.6. The van der Waals surface area contributed by atoms with Crippen molar-refractivity contribution in [1.82, 2.24) is 10.2 Å². The second-order valence-electron chi connectivity index (χ2n) is 5.94. The monoisotopic (exact) mass is 332 g/mol. The van der Waals surface area contributed by atoms with E-state index in [9.17, 15) is 19.2 Å². The molecule has 3 amide bonds. The highest BCUT2D eigenvalue weighted by Crippen LogP contribution is 2.24. The molecule has 1 aromatic rings. The van der Waals surface area contributed by atoms with Gasteiger partial charge in [-0.1, -0.05) is 12.1 Å². The van der Waals surface area contributed by atoms with Crippen LogP contribution in [0.2, 0.25) is 0 Å². The predicted octanol–water partition coefficient (Wildman–Crippen LogP) is 1.13. The van der Waals surface area contributed by atoms with Crippen LogP contribution in [0.4, 0.5) is 0 Å². The van der Waals surface area contributed by atoms with Gasteiger partial charge in [0, 0.05) is 6.04 Å². The topological polar surface area (TPSA) is 92.8 Å². The second kappa shape index (κ2) is 6.82. The Morgan fingerprint density at radius 1 is 1.00 bits per heavy atom. The summed E-state index contributed by atoms with van der Waals surface area (Å²) in [6.07, 6.45) is -1.02. The van der Waals surface area contributed by atoms with Crippen LogP contribution in [-0.4, -0.2) is 46.8 Å². The molecule has 2 unspecified atom stereocenters. The van der Waals surface area contributed by atoms with Gasteiger partial charge in [0.1, 0.15) is 6.04 Å². The Hall–Kier alpha value is -2.70. The molecule has 2 rings (SSSR count). The molecule has 1 N–H and O–H groups in total. The van der Waals surface area contributed by atoms with E-state index >= 15 is 0 Å². The minimum atomic E-state index is -1.12. The number of nitrogens with zero attached hydrogens (tertiary/aromatic N) is 1. The van der Waals surface area contributed by atoms with Crippen molar-refractivity contribution < 1.29 is 23.9 Å². The zero-order chi connectivity index (χ0) is 18.0. The molecule has 7 nitrogen and oxygen atoms in total. The van der Waals surface area contributed by atoms with Crippen molar-refractivity contribution in [2.75, 3.05) is 0 Å². The van der Waals surface area contributed by atoms with Crippen molar-refractivity contribution in [2.24, 2.45) is 0 Å². The molecule has 1 aliphatic rings. The maximum absolute atomic E-state index is 12.3. The van der Waals surface area contributed by atoms with Crippen LogP contribution < -0.4 is 5.32 Å². The molecule has 0 saturated heterocycles. The zero-order valence-electron chi connectivity index (χ0n) is 14.0. The molecule has 0 aliphatic carbocycles. The fourth-order valence-electron chi connectivity index (χ4n) is 2.39. The molecule has 128 valence electrons. The molecule has 0 fully saturated rings. The van der Waals surface area contributed by atoms with Gasteiger partial charge >= 0.3 is 5.97 Å². The van der Waals surface area contributed by atoms with E-state index in [4.69, 9.17) is 4.74 Å². The van der Waals surface area contributed by atoms with Gasteiger partial charge in [-0.25, -0.2) is 4.79 Å². The number of fused-ring (bicyclic) bond motifs is 1. The van der Waals surface area contributed by atoms with Gasteiger partial charge in [0.2, 0.25) is 0 Å². The van der Waals surface area contributed by atoms with Gasteiger partial charge in [-0.05, 0) is 39.8 Å². The summed E-state index contributed by atoms with van der Waals surface area (Å²) in [6.45, 7) is 6.41. The first-order valence-corrected chi connectivity index (χ1v) is 7.71. The molecule has 1 aliphatic heterocycles. The van der Waals surface area contributed by atoms with Crippen LogP contribution in [0.15, 0.2) is 24.3 Å². The lowest BCUT2D eigenvalue weighted by atomic mass is 10.1. The number of amides is 3. The van der Waals surface area contributed by atoms with E-state index in [2.05, 4.69) is 5.32 Å². The summed E-state index contributed by atoms with van der Waals surface area (Å²) < 4.78 is 5.09. The van der Waals surface area contributed by atoms with Gasteiger partial charge < -0.3 is 10.1 Å². The first-order valence-electron chi connectivity index (χ1n) is 7.71. The van der Waals surface area contributed by atoms with Gasteiger partial charge in [0.15, 0.2) is 6.10 Å². The van der Waals surface area contributed by atoms with Crippen molar-refractivity contribution in [3.63, 3.8) is 0 Å². The average Bonchev–Trinajstić information content (AvgIpc) is 2.78. The van der Waals surface area contributed by atoms with Gasteiger partial charge in [-0.3, -0.25) is 19.3 Å². The van der Waals surface area contributed by atoms with Crippen LogP contribution in [0.3, 0.4) is 0 Å². The highest BCUT2D eigenvalue weighted by Gasteiger charge is 2.41. The van der Waals surface area contributed by atoms with E-state index < -0.39 is 35.8 Å². The van der Waals surface area contributed by atoms with Crippen LogP contribution in [0.25, 0.3) is 0 Å². The molecule has 0 aromatic heterocycles. The standard InChI is InChI=1S/C17H20N2O5/c1-9(2)18-14(20)11(4)24-17(23)10(3)19-15(21)12-7-5-6-8-13(12)16(19)22/h5-11H,1-4H3,(H,18,20). The van der Waals surface area contributed by atoms with Crippen molar-refractivity contribution in [3.8, 4) is 0 Å². The lowest BCUT2D eigenvalue weighted by Crippen LogP contribution is -2.46. The zero-order valence-corrected chi connectivity index (χ0v) is 14.0. The SMILES string of the molecule is CC(C)NC(=O)C(C)OC(=O)C(C)N1C(=O)c2ccccc2C1=O. The second-order valence-corrected chi connectivity index (χ2v) is 5.94. The average molecular weight is 332 g/mol. The Kier molecular flexibility index (Phi) is 5.02. The number of benzene rings is 1. The van der Waals surface area contributed by atoms with E-state index in [1.807, 2.05) is 0 Å². The number of rotatable bonds is 5. The maximum atomic E-state index is 12.3. The summed E-state index contributed by atoms with van der Waals surface area (Å²) in [7, 11) is 0. The summed E-state index contributed by atoms with van der Waals surface area (Å²) in [5.41, 5.74) is 0.514. The number of nitrogens with one attached hydrogen (secondary N) is 1. The number of carbonyl (C=O) groups is 4. The van der Waals surface area contributed by atoms with Crippen LogP contribution in [0.1, 0.15) is 48.4 Å². The molecular formula is C17H20N2O5. The van der Waals surface area contributed by atoms with E-state index in [0.29, 0.717) is 0 Å². The van der Waals surface area contributed by atoms with E-state index in [1.165, 1.54) is 26.0 Å². The number of carbonyl (C=O) groups excluding carboxylic acids is 4. The third-order valence-corrected chi connectivity index (χ3v) is 3.65. The van der Waals surface area contributed by atoms with E-state index in [1.54, 1.807) is 26.0 Å². The molecule has 0 saturated carbocycles. The predicted molar refractivity (Wildman–Crippen MR) is 85.2 cm³/mol. The van der Waals surface area contributed by atoms with Gasteiger partial charge in [0.25, 0.3) is 17.7 Å². The van der Waals surface area contributed by atoms with Crippen LogP contribution in [0, 0.1) is 0 Å². The number of esters is 1. The lowest BCUT2D eigenvalue weighted by molar-refractivity contribution is -0.158. The van der Waals surface area contributed by atoms with Crippen molar-refractivity contribution in [2.45, 2.75) is 45.9 Å². The normalized spacial score (nSPS) is 16.0. The maximum Gasteiger partial charge on any atom is 0.329 e. The Morgan fingerprint density at radius 3 is 1.96 bits per heavy atom. The van der Waals surface area contributed by atoms with Gasteiger partial charge in [-0.15, -0.1) is 0 Å². The van der Waals surface area contributed by atoms with Gasteiger partial charge in [-0.2, -0.15) is 0 Å². The first-order chi connectivity index (χ1) is 11.2. The minimum Gasteiger partial charge on any atom is -0.451 e. The van der Waals surface area contributed by atoms with Crippen molar-refractivity contribution in [3.05, 3.63) is 35.4 Å². The molecule has 7 heteroatoms. The quantitative estimate of drug-likeness (QED) is 0.644. The number of imide groups is 1. The summed E-state index contributed by atoms with van der Waals surface area (Å²) >= 11 is 0. The first kappa shape index (κ1) is 17.7. The summed E-state index contributed by atoms with van der Waals surface area (Å²) in [5.74, 6) is -2.33. The van der Waals surface area contributed by atoms with Crippen LogP contribution in [-0.2, 0) is 14.3 Å². The van der Waals surface area contributed by atoms with Crippen LogP contribution >= 0.6 is 0 Å². The third kappa shape index (κ3) is 3.29. The summed E-state index contributed by atoms with van der Waals surface area (Å²) in [6, 6.07) is 5.15. The highest BCUT2D eigenvalue weighted by atomic mass is 16.5. The highest BCUT2D eigenvalue weighted by molar-refractivity contribution is 6.22. The van der Waals surface area contributed by atoms with Crippen molar-refractivity contribution in [1.29, 1.82) is 0 Å². The minimum absolute atomic E-state index is 0.0905. The molecule has 1 aromatic carbocycles. The van der Waals surface area contributed by atoms with E-state index in [0.717, 1.165) is 4.90 Å². The molecule has 0 radical (unpaired) electrons. The smallest absolute Gasteiger partial charge is 0.329 e. The molecule has 0 bridgehead atoms. The lowest BCUT2D eigenvalue weighted by Gasteiger charge is -2.23. The molecular weight excluding hydrogens is 312 g/mol. The number of hydrogen-bond acceptors (Lipinski definition) is 5. The van der Waals surface area contributed by atoms with Crippen molar-refractivity contribution >= 4 is 23.7 Å². The summed E-state index contributed by atoms with van der Waals surface area (Å²) in [5, 5.41) is 2.62. The molecule has 2 atom stereocenters. The fourth-order valence-corrected chi connectivity index (χ4v) is 2.39. The molecule has 24 heavy (non-hydrogen) atoms. The number of ether oxygens (including phenoxy) is 1. The Labute approximate surface area is 140 Å². The largest absolute Gasteiger partial charge is 0.451 e. The Morgan fingerprint density at radius 2 is 1.50 bits per heavy atom. The number of hydrogen-bond donors (Lipinski definition) is 1. The Balaban J connectivity index is 2.08. The van der Waals surface area contributed by atoms with Crippen LogP contribution in [0.5, 0.6) is 0 Å². The Bertz CT molecular complexity index is 663.